The zero-order valence-corrected chi connectivity index (χ0v) is 9.24. The fourth-order valence-electron chi connectivity index (χ4n) is 1.29. The van der Waals surface area contributed by atoms with Crippen LogP contribution in [0.5, 0.6) is 11.8 Å². The van der Waals surface area contributed by atoms with E-state index < -0.39 is 0 Å². The number of ether oxygens (including phenoxy) is 1. The summed E-state index contributed by atoms with van der Waals surface area (Å²) in [7, 11) is 0. The van der Waals surface area contributed by atoms with Gasteiger partial charge in [-0.2, -0.15) is 0 Å². The van der Waals surface area contributed by atoms with Gasteiger partial charge >= 0.3 is 6.01 Å². The molecule has 0 unspecified atom stereocenters. The van der Waals surface area contributed by atoms with Crippen LogP contribution in [0.15, 0.2) is 47.9 Å². The van der Waals surface area contributed by atoms with Crippen molar-refractivity contribution < 1.29 is 9.94 Å². The Bertz CT molecular complexity index is 526. The van der Waals surface area contributed by atoms with E-state index in [1.165, 1.54) is 0 Å². The van der Waals surface area contributed by atoms with Gasteiger partial charge in [0.05, 0.1) is 5.71 Å². The average molecular weight is 229 g/mol. The third kappa shape index (κ3) is 2.78. The minimum Gasteiger partial charge on any atom is -0.424 e. The average Bonchev–Trinajstić information content (AvgIpc) is 2.39. The topological polar surface area (TPSA) is 67.6 Å². The van der Waals surface area contributed by atoms with Crippen LogP contribution in [0.2, 0.25) is 0 Å². The number of hydrogen-bond donors (Lipinski definition) is 1. The number of nitrogens with zero attached hydrogens (tertiary/aromatic N) is 3. The van der Waals surface area contributed by atoms with E-state index in [2.05, 4.69) is 15.1 Å². The summed E-state index contributed by atoms with van der Waals surface area (Å²) in [5.74, 6) is 0.594. The summed E-state index contributed by atoms with van der Waals surface area (Å²) in [5, 5.41) is 11.8. The summed E-state index contributed by atoms with van der Waals surface area (Å²) in [6, 6.07) is 9.17. The molecular weight excluding hydrogens is 218 g/mol. The monoisotopic (exact) mass is 229 g/mol. The van der Waals surface area contributed by atoms with E-state index in [-0.39, 0.29) is 6.01 Å². The first-order valence-electron chi connectivity index (χ1n) is 5.03. The first kappa shape index (κ1) is 11.1. The summed E-state index contributed by atoms with van der Waals surface area (Å²) in [6.07, 6.45) is 3.21. The number of benzene rings is 1. The van der Waals surface area contributed by atoms with Crippen molar-refractivity contribution in [1.82, 2.24) is 9.97 Å². The van der Waals surface area contributed by atoms with Gasteiger partial charge in [-0.25, -0.2) is 9.97 Å². The van der Waals surface area contributed by atoms with Crippen molar-refractivity contribution in [3.8, 4) is 11.8 Å². The molecule has 0 radical (unpaired) electrons. The first-order chi connectivity index (χ1) is 8.29. The lowest BCUT2D eigenvalue weighted by Crippen LogP contribution is -1.96. The van der Waals surface area contributed by atoms with Gasteiger partial charge in [0.1, 0.15) is 5.75 Å². The molecule has 1 heterocycles. The smallest absolute Gasteiger partial charge is 0.321 e. The molecule has 1 N–H and O–H groups in total. The van der Waals surface area contributed by atoms with Crippen LogP contribution in [-0.2, 0) is 0 Å². The Morgan fingerprint density at radius 2 is 2.00 bits per heavy atom. The molecule has 0 aliphatic heterocycles. The van der Waals surface area contributed by atoms with Crippen molar-refractivity contribution in [3.05, 3.63) is 48.3 Å². The van der Waals surface area contributed by atoms with E-state index >= 15 is 0 Å². The van der Waals surface area contributed by atoms with E-state index in [1.54, 1.807) is 37.5 Å². The molecule has 0 spiro atoms. The Morgan fingerprint density at radius 3 is 2.71 bits per heavy atom. The molecule has 2 aromatic rings. The highest BCUT2D eigenvalue weighted by Crippen LogP contribution is 2.18. The number of hydrogen-bond acceptors (Lipinski definition) is 5. The lowest BCUT2D eigenvalue weighted by atomic mass is 10.1. The summed E-state index contributed by atoms with van der Waals surface area (Å²) in [4.78, 5) is 7.91. The second-order valence-corrected chi connectivity index (χ2v) is 3.35. The predicted octanol–water partition coefficient (Wildman–Crippen LogP) is 2.47. The molecule has 0 bridgehead atoms. The van der Waals surface area contributed by atoms with Crippen LogP contribution < -0.4 is 4.74 Å². The number of aromatic nitrogens is 2. The quantitative estimate of drug-likeness (QED) is 0.498. The first-order valence-corrected chi connectivity index (χ1v) is 5.03. The fourth-order valence-corrected chi connectivity index (χ4v) is 1.29. The van der Waals surface area contributed by atoms with Gasteiger partial charge < -0.3 is 9.94 Å². The van der Waals surface area contributed by atoms with Crippen LogP contribution in [0, 0.1) is 0 Å². The predicted molar refractivity (Wildman–Crippen MR) is 62.5 cm³/mol. The van der Waals surface area contributed by atoms with Gasteiger partial charge in [-0.1, -0.05) is 17.3 Å². The molecule has 0 saturated carbocycles. The van der Waals surface area contributed by atoms with Crippen molar-refractivity contribution >= 4 is 5.71 Å². The number of rotatable bonds is 3. The zero-order chi connectivity index (χ0) is 12.1. The molecule has 0 atom stereocenters. The van der Waals surface area contributed by atoms with Gasteiger partial charge in [0.25, 0.3) is 0 Å². The third-order valence-corrected chi connectivity index (χ3v) is 2.15. The molecule has 0 fully saturated rings. The number of oxime groups is 1. The van der Waals surface area contributed by atoms with Gasteiger partial charge in [-0.15, -0.1) is 0 Å². The largest absolute Gasteiger partial charge is 0.424 e. The van der Waals surface area contributed by atoms with Gasteiger partial charge in [0.15, 0.2) is 0 Å². The molecule has 0 aliphatic carbocycles. The van der Waals surface area contributed by atoms with E-state index in [4.69, 9.17) is 9.94 Å². The zero-order valence-electron chi connectivity index (χ0n) is 9.24. The van der Waals surface area contributed by atoms with E-state index in [9.17, 15) is 0 Å². The van der Waals surface area contributed by atoms with Crippen LogP contribution in [-0.4, -0.2) is 20.9 Å². The summed E-state index contributed by atoms with van der Waals surface area (Å²) in [5.41, 5.74) is 1.30. The molecule has 86 valence electrons. The molecular formula is C12H11N3O2. The Balaban J connectivity index is 2.23. The maximum Gasteiger partial charge on any atom is 0.321 e. The van der Waals surface area contributed by atoms with Crippen LogP contribution in [0.3, 0.4) is 0 Å². The van der Waals surface area contributed by atoms with Crippen molar-refractivity contribution in [3.63, 3.8) is 0 Å². The molecule has 1 aromatic heterocycles. The molecule has 17 heavy (non-hydrogen) atoms. The standard InChI is InChI=1S/C12H11N3O2/c1-9(15-16)10-4-2-5-11(8-10)17-12-13-6-3-7-14-12/h2-8,16H,1H3/b15-9-. The Morgan fingerprint density at radius 1 is 1.24 bits per heavy atom. The molecule has 0 amide bonds. The Hall–Kier alpha value is -2.43. The molecule has 5 nitrogen and oxygen atoms in total. The Labute approximate surface area is 98.4 Å². The second kappa shape index (κ2) is 5.07. The van der Waals surface area contributed by atoms with Crippen LogP contribution >= 0.6 is 0 Å². The van der Waals surface area contributed by atoms with Crippen LogP contribution in [0.4, 0.5) is 0 Å². The Kier molecular flexibility index (Phi) is 3.30. The summed E-state index contributed by atoms with van der Waals surface area (Å²) in [6.45, 7) is 1.71. The molecule has 0 aliphatic rings. The van der Waals surface area contributed by atoms with Crippen molar-refractivity contribution in [2.75, 3.05) is 0 Å². The lowest BCUT2D eigenvalue weighted by Gasteiger charge is -2.04. The maximum atomic E-state index is 8.69. The third-order valence-electron chi connectivity index (χ3n) is 2.15. The van der Waals surface area contributed by atoms with Gasteiger partial charge in [-0.05, 0) is 25.1 Å². The normalized spacial score (nSPS) is 11.2. The molecule has 2 rings (SSSR count). The van der Waals surface area contributed by atoms with Crippen LogP contribution in [0.25, 0.3) is 0 Å². The highest BCUT2D eigenvalue weighted by molar-refractivity contribution is 5.98. The highest BCUT2D eigenvalue weighted by Gasteiger charge is 2.02. The van der Waals surface area contributed by atoms with Gasteiger partial charge in [0.2, 0.25) is 0 Å². The summed E-state index contributed by atoms with van der Waals surface area (Å²) < 4.78 is 5.45. The highest BCUT2D eigenvalue weighted by atomic mass is 16.5. The second-order valence-electron chi connectivity index (χ2n) is 3.35. The van der Waals surface area contributed by atoms with Crippen molar-refractivity contribution in [2.24, 2.45) is 5.16 Å². The molecule has 5 heteroatoms. The SMILES string of the molecule is C/C(=N/O)c1cccc(Oc2ncccn2)c1. The molecule has 1 aromatic carbocycles. The van der Waals surface area contributed by atoms with Crippen molar-refractivity contribution in [2.45, 2.75) is 6.92 Å². The van der Waals surface area contributed by atoms with Crippen LogP contribution in [0.1, 0.15) is 12.5 Å². The summed E-state index contributed by atoms with van der Waals surface area (Å²) >= 11 is 0. The van der Waals surface area contributed by atoms with Crippen molar-refractivity contribution in [1.29, 1.82) is 0 Å². The van der Waals surface area contributed by atoms with E-state index in [0.29, 0.717) is 11.5 Å². The van der Waals surface area contributed by atoms with E-state index in [1.807, 2.05) is 12.1 Å². The van der Waals surface area contributed by atoms with Gasteiger partial charge in [-0.3, -0.25) is 0 Å². The minimum absolute atomic E-state index is 0.281. The van der Waals surface area contributed by atoms with Gasteiger partial charge in [0, 0.05) is 18.0 Å². The molecule has 0 saturated heterocycles. The fraction of sp³-hybridized carbons (Fsp3) is 0.0833. The minimum atomic E-state index is 0.281. The lowest BCUT2D eigenvalue weighted by molar-refractivity contribution is 0.319. The van der Waals surface area contributed by atoms with E-state index in [0.717, 1.165) is 5.56 Å². The maximum absolute atomic E-state index is 8.69.